The summed E-state index contributed by atoms with van der Waals surface area (Å²) >= 11 is 1.48. The molecule has 1 rings (SSSR count). The molecule has 15 heavy (non-hydrogen) atoms. The first-order valence-electron chi connectivity index (χ1n) is 4.84. The van der Waals surface area contributed by atoms with Crippen LogP contribution in [-0.4, -0.2) is 35.1 Å². The predicted molar refractivity (Wildman–Crippen MR) is 62.3 cm³/mol. The van der Waals surface area contributed by atoms with E-state index in [2.05, 4.69) is 0 Å². The molecule has 1 aromatic rings. The standard InChI is InChI=1S/C11H17NO2S/c1-8-5-6-9(15-8)10(14)12(4)11(2,3)7-13/h5-6,13H,7H2,1-4H3. The summed E-state index contributed by atoms with van der Waals surface area (Å²) in [5.74, 6) is -0.0350. The van der Waals surface area contributed by atoms with E-state index in [4.69, 9.17) is 0 Å². The highest BCUT2D eigenvalue weighted by Gasteiger charge is 2.28. The van der Waals surface area contributed by atoms with Crippen LogP contribution < -0.4 is 0 Å². The van der Waals surface area contributed by atoms with Gasteiger partial charge < -0.3 is 10.0 Å². The van der Waals surface area contributed by atoms with E-state index in [1.807, 2.05) is 32.9 Å². The third kappa shape index (κ3) is 2.58. The number of aliphatic hydroxyl groups excluding tert-OH is 1. The van der Waals surface area contributed by atoms with Crippen LogP contribution in [0.25, 0.3) is 0 Å². The lowest BCUT2D eigenvalue weighted by Gasteiger charge is -2.33. The first kappa shape index (κ1) is 12.2. The fourth-order valence-electron chi connectivity index (χ4n) is 1.10. The minimum absolute atomic E-state index is 0.0350. The summed E-state index contributed by atoms with van der Waals surface area (Å²) in [4.78, 5) is 15.4. The van der Waals surface area contributed by atoms with Gasteiger partial charge in [-0.15, -0.1) is 11.3 Å². The second-order valence-corrected chi connectivity index (χ2v) is 5.53. The van der Waals surface area contributed by atoms with Crippen LogP contribution in [0.3, 0.4) is 0 Å². The second kappa shape index (κ2) is 4.33. The van der Waals surface area contributed by atoms with Crippen LogP contribution in [0.5, 0.6) is 0 Å². The number of nitrogens with zero attached hydrogens (tertiary/aromatic N) is 1. The Kier molecular flexibility index (Phi) is 3.52. The lowest BCUT2D eigenvalue weighted by molar-refractivity contribution is 0.0478. The average molecular weight is 227 g/mol. The molecule has 0 radical (unpaired) electrons. The number of carbonyl (C=O) groups is 1. The molecule has 0 aliphatic heterocycles. The third-order valence-corrected chi connectivity index (χ3v) is 3.54. The fraction of sp³-hybridized carbons (Fsp3) is 0.545. The van der Waals surface area contributed by atoms with Crippen molar-refractivity contribution < 1.29 is 9.90 Å². The van der Waals surface area contributed by atoms with Gasteiger partial charge in [-0.3, -0.25) is 4.79 Å². The van der Waals surface area contributed by atoms with E-state index < -0.39 is 5.54 Å². The number of aryl methyl sites for hydroxylation is 1. The highest BCUT2D eigenvalue weighted by molar-refractivity contribution is 7.13. The number of rotatable bonds is 3. The number of carbonyl (C=O) groups excluding carboxylic acids is 1. The molecule has 3 nitrogen and oxygen atoms in total. The molecule has 1 aromatic heterocycles. The number of aliphatic hydroxyl groups is 1. The van der Waals surface area contributed by atoms with Crippen LogP contribution >= 0.6 is 11.3 Å². The first-order valence-corrected chi connectivity index (χ1v) is 5.65. The van der Waals surface area contributed by atoms with E-state index in [1.54, 1.807) is 11.9 Å². The molecule has 0 atom stereocenters. The Hall–Kier alpha value is -0.870. The van der Waals surface area contributed by atoms with Crippen molar-refractivity contribution in [2.24, 2.45) is 0 Å². The molecule has 1 N–H and O–H groups in total. The maximum atomic E-state index is 12.0. The molecule has 1 heterocycles. The minimum atomic E-state index is -0.519. The largest absolute Gasteiger partial charge is 0.394 e. The number of thiophene rings is 1. The van der Waals surface area contributed by atoms with Crippen LogP contribution in [0.2, 0.25) is 0 Å². The van der Waals surface area contributed by atoms with Gasteiger partial charge in [0.1, 0.15) is 0 Å². The maximum absolute atomic E-state index is 12.0. The fourth-order valence-corrected chi connectivity index (χ4v) is 1.94. The van der Waals surface area contributed by atoms with Crippen molar-refractivity contribution in [3.8, 4) is 0 Å². The van der Waals surface area contributed by atoms with Crippen molar-refractivity contribution in [3.63, 3.8) is 0 Å². The molecular weight excluding hydrogens is 210 g/mol. The Morgan fingerprint density at radius 3 is 2.53 bits per heavy atom. The van der Waals surface area contributed by atoms with Crippen LogP contribution in [0.4, 0.5) is 0 Å². The third-order valence-electron chi connectivity index (χ3n) is 2.55. The monoisotopic (exact) mass is 227 g/mol. The van der Waals surface area contributed by atoms with Gasteiger partial charge in [0.15, 0.2) is 0 Å². The van der Waals surface area contributed by atoms with Gasteiger partial charge in [-0.1, -0.05) is 0 Å². The molecule has 0 aromatic carbocycles. The molecule has 0 unspecified atom stereocenters. The lowest BCUT2D eigenvalue weighted by atomic mass is 10.1. The van der Waals surface area contributed by atoms with Crippen molar-refractivity contribution in [2.75, 3.05) is 13.7 Å². The Morgan fingerprint density at radius 1 is 1.53 bits per heavy atom. The normalized spacial score (nSPS) is 11.5. The Bertz CT molecular complexity index is 357. The number of amides is 1. The summed E-state index contributed by atoms with van der Waals surface area (Å²) in [5, 5.41) is 9.17. The first-order chi connectivity index (χ1) is 6.88. The van der Waals surface area contributed by atoms with E-state index in [9.17, 15) is 9.90 Å². The SMILES string of the molecule is Cc1ccc(C(=O)N(C)C(C)(C)CO)s1. The zero-order chi connectivity index (χ0) is 11.6. The van der Waals surface area contributed by atoms with Crippen molar-refractivity contribution in [3.05, 3.63) is 21.9 Å². The van der Waals surface area contributed by atoms with E-state index in [0.29, 0.717) is 0 Å². The predicted octanol–water partition coefficient (Wildman–Crippen LogP) is 1.90. The number of hydrogen-bond acceptors (Lipinski definition) is 3. The van der Waals surface area contributed by atoms with Gasteiger partial charge in [-0.05, 0) is 32.9 Å². The van der Waals surface area contributed by atoms with Gasteiger partial charge in [0.05, 0.1) is 17.0 Å². The second-order valence-electron chi connectivity index (χ2n) is 4.25. The smallest absolute Gasteiger partial charge is 0.264 e. The molecule has 0 bridgehead atoms. The molecule has 0 aliphatic rings. The molecule has 0 fully saturated rings. The molecule has 0 saturated heterocycles. The molecule has 0 saturated carbocycles. The van der Waals surface area contributed by atoms with Gasteiger partial charge in [-0.25, -0.2) is 0 Å². The van der Waals surface area contributed by atoms with Crippen molar-refractivity contribution in [2.45, 2.75) is 26.3 Å². The average Bonchev–Trinajstić information content (AvgIpc) is 2.62. The Morgan fingerprint density at radius 2 is 2.13 bits per heavy atom. The quantitative estimate of drug-likeness (QED) is 0.856. The van der Waals surface area contributed by atoms with Crippen molar-refractivity contribution in [1.82, 2.24) is 4.90 Å². The molecular formula is C11H17NO2S. The summed E-state index contributed by atoms with van der Waals surface area (Å²) in [6, 6.07) is 3.75. The molecule has 4 heteroatoms. The zero-order valence-corrected chi connectivity index (χ0v) is 10.4. The summed E-state index contributed by atoms with van der Waals surface area (Å²) < 4.78 is 0. The van der Waals surface area contributed by atoms with Crippen molar-refractivity contribution in [1.29, 1.82) is 0 Å². The van der Waals surface area contributed by atoms with Gasteiger partial charge in [-0.2, -0.15) is 0 Å². The number of likely N-dealkylation sites (N-methyl/N-ethyl adjacent to an activating group) is 1. The van der Waals surface area contributed by atoms with Gasteiger partial charge in [0.25, 0.3) is 5.91 Å². The molecule has 0 spiro atoms. The Balaban J connectivity index is 2.86. The summed E-state index contributed by atoms with van der Waals surface area (Å²) in [6.07, 6.45) is 0. The van der Waals surface area contributed by atoms with Gasteiger partial charge >= 0.3 is 0 Å². The summed E-state index contributed by atoms with van der Waals surface area (Å²) in [7, 11) is 1.72. The van der Waals surface area contributed by atoms with E-state index in [1.165, 1.54) is 11.3 Å². The molecule has 0 aliphatic carbocycles. The molecule has 84 valence electrons. The minimum Gasteiger partial charge on any atom is -0.394 e. The molecule has 1 amide bonds. The Labute approximate surface area is 94.3 Å². The van der Waals surface area contributed by atoms with E-state index >= 15 is 0 Å². The van der Waals surface area contributed by atoms with Crippen LogP contribution in [-0.2, 0) is 0 Å². The zero-order valence-electron chi connectivity index (χ0n) is 9.57. The van der Waals surface area contributed by atoms with Crippen LogP contribution in [0, 0.1) is 6.92 Å². The van der Waals surface area contributed by atoms with Crippen LogP contribution in [0.15, 0.2) is 12.1 Å². The van der Waals surface area contributed by atoms with Crippen LogP contribution in [0.1, 0.15) is 28.4 Å². The maximum Gasteiger partial charge on any atom is 0.264 e. The van der Waals surface area contributed by atoms with Gasteiger partial charge in [0, 0.05) is 11.9 Å². The topological polar surface area (TPSA) is 40.5 Å². The summed E-state index contributed by atoms with van der Waals surface area (Å²) in [6.45, 7) is 5.61. The number of hydrogen-bond donors (Lipinski definition) is 1. The summed E-state index contributed by atoms with van der Waals surface area (Å²) in [5.41, 5.74) is -0.519. The highest BCUT2D eigenvalue weighted by atomic mass is 32.1. The highest BCUT2D eigenvalue weighted by Crippen LogP contribution is 2.20. The van der Waals surface area contributed by atoms with E-state index in [-0.39, 0.29) is 12.5 Å². The van der Waals surface area contributed by atoms with Crippen molar-refractivity contribution >= 4 is 17.2 Å². The lowest BCUT2D eigenvalue weighted by Crippen LogP contribution is -2.47. The van der Waals surface area contributed by atoms with Gasteiger partial charge in [0.2, 0.25) is 0 Å². The van der Waals surface area contributed by atoms with E-state index in [0.717, 1.165) is 9.75 Å².